The van der Waals surface area contributed by atoms with E-state index in [9.17, 15) is 9.59 Å². The molecular weight excluding hydrogens is 374 g/mol. The van der Waals surface area contributed by atoms with Crippen molar-refractivity contribution >= 4 is 27.9 Å². The molecule has 0 spiro atoms. The van der Waals surface area contributed by atoms with Crippen molar-refractivity contribution < 1.29 is 14.3 Å². The average molecular weight is 398 g/mol. The van der Waals surface area contributed by atoms with Gasteiger partial charge in [0.2, 0.25) is 0 Å². The second-order valence-corrected chi connectivity index (χ2v) is 7.97. The van der Waals surface area contributed by atoms with Gasteiger partial charge in [-0.05, 0) is 62.2 Å². The quantitative estimate of drug-likeness (QED) is 0.729. The molecule has 1 aliphatic heterocycles. The van der Waals surface area contributed by atoms with Crippen molar-refractivity contribution in [3.8, 4) is 0 Å². The van der Waals surface area contributed by atoms with E-state index < -0.39 is 5.60 Å². The molecule has 0 radical (unpaired) electrons. The topological polar surface area (TPSA) is 62.7 Å². The van der Waals surface area contributed by atoms with E-state index in [0.29, 0.717) is 29.8 Å². The zero-order chi connectivity index (χ0) is 18.1. The van der Waals surface area contributed by atoms with E-state index in [1.807, 2.05) is 40.7 Å². The molecule has 1 aromatic heterocycles. The largest absolute Gasteiger partial charge is 0.444 e. The van der Waals surface area contributed by atoms with Crippen LogP contribution in [-0.4, -0.2) is 58.1 Å². The molecule has 132 valence electrons. The number of amides is 2. The maximum Gasteiger partial charge on any atom is 0.410 e. The molecule has 1 aliphatic rings. The van der Waals surface area contributed by atoms with Gasteiger partial charge in [-0.2, -0.15) is 0 Å². The zero-order valence-electron chi connectivity index (χ0n) is 14.8. The normalized spacial score (nSPS) is 18.5. The molecular formula is C17H24BrN3O3. The van der Waals surface area contributed by atoms with Crippen LogP contribution < -0.4 is 0 Å². The number of ether oxygens (including phenoxy) is 1. The Bertz CT molecular complexity index is 642. The summed E-state index contributed by atoms with van der Waals surface area (Å²) in [6.07, 6.45) is 1.34. The summed E-state index contributed by atoms with van der Waals surface area (Å²) in [4.78, 5) is 32.6. The molecule has 0 bridgehead atoms. The molecule has 6 nitrogen and oxygen atoms in total. The molecule has 24 heavy (non-hydrogen) atoms. The number of rotatable bonds is 1. The van der Waals surface area contributed by atoms with Crippen LogP contribution in [0.3, 0.4) is 0 Å². The minimum atomic E-state index is -0.524. The first kappa shape index (κ1) is 18.7. The van der Waals surface area contributed by atoms with Crippen molar-refractivity contribution in [1.29, 1.82) is 0 Å². The Balaban J connectivity index is 2.05. The van der Waals surface area contributed by atoms with Crippen LogP contribution in [-0.2, 0) is 4.74 Å². The lowest BCUT2D eigenvalue weighted by atomic mass is 10.1. The van der Waals surface area contributed by atoms with Crippen molar-refractivity contribution in [1.82, 2.24) is 14.8 Å². The lowest BCUT2D eigenvalue weighted by Gasteiger charge is -2.40. The van der Waals surface area contributed by atoms with Gasteiger partial charge in [0.05, 0.1) is 0 Å². The number of aromatic nitrogens is 1. The number of carbonyl (C=O) groups excluding carboxylic acids is 2. The van der Waals surface area contributed by atoms with Gasteiger partial charge in [0.25, 0.3) is 5.91 Å². The first-order valence-electron chi connectivity index (χ1n) is 7.99. The molecule has 0 saturated carbocycles. The summed E-state index contributed by atoms with van der Waals surface area (Å²) in [5, 5.41) is 0. The van der Waals surface area contributed by atoms with E-state index in [0.717, 1.165) is 5.56 Å². The number of aryl methyl sites for hydroxylation is 1. The van der Waals surface area contributed by atoms with Gasteiger partial charge in [0.1, 0.15) is 11.3 Å². The summed E-state index contributed by atoms with van der Waals surface area (Å²) >= 11 is 3.41. The van der Waals surface area contributed by atoms with Crippen LogP contribution in [0.4, 0.5) is 4.79 Å². The third kappa shape index (κ3) is 4.47. The maximum atomic E-state index is 12.7. The summed E-state index contributed by atoms with van der Waals surface area (Å²) < 4.78 is 6.09. The minimum absolute atomic E-state index is 0.103. The summed E-state index contributed by atoms with van der Waals surface area (Å²) in [6, 6.07) is 1.77. The van der Waals surface area contributed by atoms with Crippen molar-refractivity contribution in [2.45, 2.75) is 46.3 Å². The molecule has 0 unspecified atom stereocenters. The van der Waals surface area contributed by atoms with Crippen LogP contribution in [0.5, 0.6) is 0 Å². The van der Waals surface area contributed by atoms with Gasteiger partial charge in [-0.1, -0.05) is 0 Å². The van der Waals surface area contributed by atoms with Crippen LogP contribution >= 0.6 is 15.9 Å². The van der Waals surface area contributed by atoms with Crippen LogP contribution in [0.1, 0.15) is 43.7 Å². The lowest BCUT2D eigenvalue weighted by Crippen LogP contribution is -2.56. The molecule has 0 aromatic carbocycles. The summed E-state index contributed by atoms with van der Waals surface area (Å²) in [5.74, 6) is -0.127. The molecule has 2 heterocycles. The van der Waals surface area contributed by atoms with Gasteiger partial charge in [-0.15, -0.1) is 0 Å². The Morgan fingerprint density at radius 1 is 1.33 bits per heavy atom. The van der Waals surface area contributed by atoms with E-state index in [2.05, 4.69) is 20.9 Å². The van der Waals surface area contributed by atoms with Crippen LogP contribution in [0.15, 0.2) is 16.7 Å². The van der Waals surface area contributed by atoms with E-state index in [1.165, 1.54) is 0 Å². The Kier molecular flexibility index (Phi) is 5.52. The zero-order valence-corrected chi connectivity index (χ0v) is 16.4. The highest BCUT2D eigenvalue weighted by Crippen LogP contribution is 2.21. The molecule has 2 rings (SSSR count). The van der Waals surface area contributed by atoms with E-state index in [1.54, 1.807) is 16.0 Å². The number of hydrogen-bond donors (Lipinski definition) is 0. The highest BCUT2D eigenvalue weighted by atomic mass is 79.9. The SMILES string of the molecule is Cc1cnc(C(=O)N2CCN(C(=O)OC(C)(C)C)C[C@@H]2C)c(Br)c1. The number of pyridine rings is 1. The number of hydrogen-bond acceptors (Lipinski definition) is 4. The summed E-state index contributed by atoms with van der Waals surface area (Å²) in [5.41, 5.74) is 0.864. The first-order valence-corrected chi connectivity index (χ1v) is 8.79. The predicted molar refractivity (Wildman–Crippen MR) is 95.0 cm³/mol. The van der Waals surface area contributed by atoms with Gasteiger partial charge < -0.3 is 14.5 Å². The molecule has 7 heteroatoms. The van der Waals surface area contributed by atoms with Crippen molar-refractivity contribution in [3.63, 3.8) is 0 Å². The molecule has 1 saturated heterocycles. The lowest BCUT2D eigenvalue weighted by molar-refractivity contribution is 0.00604. The third-order valence-corrected chi connectivity index (χ3v) is 4.33. The summed E-state index contributed by atoms with van der Waals surface area (Å²) in [7, 11) is 0. The van der Waals surface area contributed by atoms with Crippen molar-refractivity contribution in [2.24, 2.45) is 0 Å². The molecule has 1 atom stereocenters. The fraction of sp³-hybridized carbons (Fsp3) is 0.588. The molecule has 1 fully saturated rings. The Morgan fingerprint density at radius 3 is 2.54 bits per heavy atom. The van der Waals surface area contributed by atoms with Crippen LogP contribution in [0, 0.1) is 6.92 Å². The van der Waals surface area contributed by atoms with E-state index in [-0.39, 0.29) is 18.0 Å². The standard InChI is InChI=1S/C17H24BrN3O3/c1-11-8-13(18)14(19-9-11)15(22)21-7-6-20(10-12(21)2)16(23)24-17(3,4)5/h8-9,12H,6-7,10H2,1-5H3/t12-/m0/s1. The Morgan fingerprint density at radius 2 is 2.00 bits per heavy atom. The number of halogens is 1. The van der Waals surface area contributed by atoms with Gasteiger partial charge in [-0.25, -0.2) is 9.78 Å². The first-order chi connectivity index (χ1) is 11.1. The average Bonchev–Trinajstić information content (AvgIpc) is 2.44. The number of nitrogens with zero attached hydrogens (tertiary/aromatic N) is 3. The van der Waals surface area contributed by atoms with Gasteiger partial charge in [0, 0.05) is 36.3 Å². The Hall–Kier alpha value is -1.63. The number of carbonyl (C=O) groups is 2. The van der Waals surface area contributed by atoms with Crippen LogP contribution in [0.2, 0.25) is 0 Å². The highest BCUT2D eigenvalue weighted by molar-refractivity contribution is 9.10. The fourth-order valence-electron chi connectivity index (χ4n) is 2.58. The number of piperazine rings is 1. The fourth-order valence-corrected chi connectivity index (χ4v) is 3.21. The summed E-state index contributed by atoms with van der Waals surface area (Å²) in [6.45, 7) is 10.7. The monoisotopic (exact) mass is 397 g/mol. The Labute approximate surface area is 151 Å². The van der Waals surface area contributed by atoms with Crippen molar-refractivity contribution in [3.05, 3.63) is 28.0 Å². The molecule has 1 aromatic rings. The van der Waals surface area contributed by atoms with Crippen LogP contribution in [0.25, 0.3) is 0 Å². The third-order valence-electron chi connectivity index (χ3n) is 3.72. The van der Waals surface area contributed by atoms with E-state index >= 15 is 0 Å². The van der Waals surface area contributed by atoms with Gasteiger partial charge in [0.15, 0.2) is 0 Å². The second-order valence-electron chi connectivity index (χ2n) is 7.12. The molecule has 0 N–H and O–H groups in total. The second kappa shape index (κ2) is 7.09. The van der Waals surface area contributed by atoms with E-state index in [4.69, 9.17) is 4.74 Å². The maximum absolute atomic E-state index is 12.7. The molecule has 0 aliphatic carbocycles. The molecule has 2 amide bonds. The van der Waals surface area contributed by atoms with Crippen molar-refractivity contribution in [2.75, 3.05) is 19.6 Å². The highest BCUT2D eigenvalue weighted by Gasteiger charge is 2.33. The minimum Gasteiger partial charge on any atom is -0.444 e. The van der Waals surface area contributed by atoms with Gasteiger partial charge in [-0.3, -0.25) is 4.79 Å². The smallest absolute Gasteiger partial charge is 0.410 e. The predicted octanol–water partition coefficient (Wildman–Crippen LogP) is 3.23. The van der Waals surface area contributed by atoms with Gasteiger partial charge >= 0.3 is 6.09 Å².